The Bertz CT molecular complexity index is 1050. The molecule has 1 N–H and O–H groups in total. The highest BCUT2D eigenvalue weighted by Gasteiger charge is 2.39. The molecular weight excluding hydrogens is 496 g/mol. The van der Waals surface area contributed by atoms with E-state index in [4.69, 9.17) is 21.6 Å². The van der Waals surface area contributed by atoms with Crippen LogP contribution in [-0.2, 0) is 4.79 Å². The predicted octanol–water partition coefficient (Wildman–Crippen LogP) is 5.41. The van der Waals surface area contributed by atoms with Gasteiger partial charge in [-0.3, -0.25) is 9.79 Å². The van der Waals surface area contributed by atoms with E-state index < -0.39 is 5.66 Å². The number of halogens is 2. The van der Waals surface area contributed by atoms with Gasteiger partial charge in [-0.05, 0) is 43.8 Å². The fourth-order valence-corrected chi connectivity index (χ4v) is 5.00. The predicted molar refractivity (Wildman–Crippen MR) is 135 cm³/mol. The minimum absolute atomic E-state index is 0.0856. The fraction of sp³-hybridized carbons (Fsp3) is 0.348. The molecule has 1 amide bonds. The second kappa shape index (κ2) is 9.45. The van der Waals surface area contributed by atoms with Gasteiger partial charge >= 0.3 is 0 Å². The first-order valence-electron chi connectivity index (χ1n) is 10.2. The molecule has 0 saturated carbocycles. The molecular formula is C23H24BrClN4OS. The van der Waals surface area contributed by atoms with Gasteiger partial charge in [-0.2, -0.15) is 0 Å². The van der Waals surface area contributed by atoms with E-state index >= 15 is 0 Å². The first-order chi connectivity index (χ1) is 14.8. The second-order valence-corrected chi connectivity index (χ2v) is 10.2. The smallest absolute Gasteiger partial charge is 0.234 e. The van der Waals surface area contributed by atoms with Crippen molar-refractivity contribution in [2.75, 3.05) is 31.2 Å². The van der Waals surface area contributed by atoms with Crippen LogP contribution in [0.4, 0.5) is 5.69 Å². The Morgan fingerprint density at radius 2 is 1.90 bits per heavy atom. The molecule has 2 heterocycles. The van der Waals surface area contributed by atoms with Crippen molar-refractivity contribution in [3.05, 3.63) is 63.1 Å². The number of hydrogen-bond donors (Lipinski definition) is 1. The summed E-state index contributed by atoms with van der Waals surface area (Å²) in [5, 5.41) is 4.44. The summed E-state index contributed by atoms with van der Waals surface area (Å²) in [4.78, 5) is 25.1. The van der Waals surface area contributed by atoms with Crippen LogP contribution in [0, 0.1) is 6.92 Å². The van der Waals surface area contributed by atoms with Crippen molar-refractivity contribution < 1.29 is 4.79 Å². The fourth-order valence-electron chi connectivity index (χ4n) is 3.68. The maximum absolute atomic E-state index is 12.6. The Morgan fingerprint density at radius 1 is 1.19 bits per heavy atom. The maximum Gasteiger partial charge on any atom is 0.234 e. The van der Waals surface area contributed by atoms with Crippen molar-refractivity contribution >= 4 is 61.6 Å². The highest BCUT2D eigenvalue weighted by atomic mass is 79.9. The number of carbonyl (C=O) groups excluding carboxylic acids is 1. The molecule has 0 radical (unpaired) electrons. The van der Waals surface area contributed by atoms with E-state index in [9.17, 15) is 4.79 Å². The maximum atomic E-state index is 12.6. The lowest BCUT2D eigenvalue weighted by Crippen LogP contribution is -2.39. The molecule has 8 heteroatoms. The second-order valence-electron chi connectivity index (χ2n) is 7.92. The van der Waals surface area contributed by atoms with Gasteiger partial charge in [0.05, 0.1) is 11.5 Å². The van der Waals surface area contributed by atoms with Crippen molar-refractivity contribution in [3.63, 3.8) is 0 Å². The minimum Gasteiger partial charge on any atom is -0.325 e. The Balaban J connectivity index is 1.51. The summed E-state index contributed by atoms with van der Waals surface area (Å²) in [6, 6.07) is 13.6. The number of piperidine rings is 1. The number of amides is 1. The lowest BCUT2D eigenvalue weighted by atomic mass is 9.99. The van der Waals surface area contributed by atoms with Crippen LogP contribution in [0.3, 0.4) is 0 Å². The molecule has 162 valence electrons. The summed E-state index contributed by atoms with van der Waals surface area (Å²) in [5.74, 6) is 0.175. The van der Waals surface area contributed by atoms with Gasteiger partial charge in [0.2, 0.25) is 5.91 Å². The molecule has 5 nitrogen and oxygen atoms in total. The van der Waals surface area contributed by atoms with Crippen LogP contribution < -0.4 is 5.32 Å². The highest BCUT2D eigenvalue weighted by Crippen LogP contribution is 2.35. The van der Waals surface area contributed by atoms with Crippen LogP contribution in [0.15, 0.2) is 56.9 Å². The summed E-state index contributed by atoms with van der Waals surface area (Å²) in [6.07, 6.45) is 1.78. The van der Waals surface area contributed by atoms with E-state index in [1.165, 1.54) is 11.8 Å². The molecule has 1 spiro atoms. The van der Waals surface area contributed by atoms with Gasteiger partial charge in [-0.15, -0.1) is 0 Å². The Hall–Kier alpha value is -1.67. The minimum atomic E-state index is -0.405. The summed E-state index contributed by atoms with van der Waals surface area (Å²) in [5.41, 5.74) is 3.10. The number of anilines is 1. The molecule has 2 aromatic rings. The number of thioether (sulfide) groups is 1. The molecule has 31 heavy (non-hydrogen) atoms. The van der Waals surface area contributed by atoms with Gasteiger partial charge < -0.3 is 10.2 Å². The van der Waals surface area contributed by atoms with Crippen LogP contribution >= 0.6 is 39.3 Å². The third-order valence-corrected chi connectivity index (χ3v) is 7.52. The normalized spacial score (nSPS) is 18.1. The Kier molecular flexibility index (Phi) is 6.86. The summed E-state index contributed by atoms with van der Waals surface area (Å²) >= 11 is 11.1. The van der Waals surface area contributed by atoms with Crippen molar-refractivity contribution in [1.29, 1.82) is 0 Å². The zero-order valence-corrected chi connectivity index (χ0v) is 20.6. The molecule has 0 bridgehead atoms. The van der Waals surface area contributed by atoms with Gasteiger partial charge in [0.25, 0.3) is 0 Å². The Labute approximate surface area is 200 Å². The van der Waals surface area contributed by atoms with E-state index in [0.717, 1.165) is 58.0 Å². The van der Waals surface area contributed by atoms with Crippen molar-refractivity contribution in [2.24, 2.45) is 9.98 Å². The van der Waals surface area contributed by atoms with Gasteiger partial charge in [-0.25, -0.2) is 4.99 Å². The lowest BCUT2D eigenvalue weighted by molar-refractivity contribution is -0.113. The zero-order valence-electron chi connectivity index (χ0n) is 17.5. The van der Waals surface area contributed by atoms with Gasteiger partial charge in [-0.1, -0.05) is 57.5 Å². The summed E-state index contributed by atoms with van der Waals surface area (Å²) < 4.78 is 1.02. The van der Waals surface area contributed by atoms with E-state index in [1.54, 1.807) is 0 Å². The Morgan fingerprint density at radius 3 is 2.61 bits per heavy atom. The third kappa shape index (κ3) is 5.22. The van der Waals surface area contributed by atoms with E-state index in [1.807, 2.05) is 49.4 Å². The van der Waals surface area contributed by atoms with Crippen LogP contribution in [-0.4, -0.2) is 53.1 Å². The topological polar surface area (TPSA) is 57.1 Å². The number of rotatable bonds is 4. The molecule has 1 fully saturated rings. The molecule has 0 unspecified atom stereocenters. The molecule has 0 atom stereocenters. The van der Waals surface area contributed by atoms with Crippen molar-refractivity contribution in [2.45, 2.75) is 25.4 Å². The van der Waals surface area contributed by atoms with Gasteiger partial charge in [0.15, 0.2) is 5.66 Å². The number of benzene rings is 2. The van der Waals surface area contributed by atoms with E-state index in [-0.39, 0.29) is 11.7 Å². The first kappa shape index (κ1) is 22.5. The summed E-state index contributed by atoms with van der Waals surface area (Å²) in [6.45, 7) is 3.83. The number of likely N-dealkylation sites (tertiary alicyclic amines) is 1. The van der Waals surface area contributed by atoms with Gasteiger partial charge in [0.1, 0.15) is 5.04 Å². The van der Waals surface area contributed by atoms with Crippen molar-refractivity contribution in [1.82, 2.24) is 4.90 Å². The standard InChI is InChI=1S/C23H24BrClN4OS/c1-15-18(25)4-3-5-19(15)26-20(30)14-31-22-21(16-6-8-17(24)9-7-16)27-23(28-22)10-12-29(2)13-11-23/h3-9H,10-14H2,1-2H3,(H,26,30). The molecule has 0 aromatic heterocycles. The highest BCUT2D eigenvalue weighted by molar-refractivity contribution is 9.10. The van der Waals surface area contributed by atoms with Crippen molar-refractivity contribution in [3.8, 4) is 0 Å². The SMILES string of the molecule is Cc1c(Cl)cccc1NC(=O)CSC1=NC2(CCN(C)CC2)N=C1c1ccc(Br)cc1. The van der Waals surface area contributed by atoms with E-state index in [2.05, 4.69) is 33.2 Å². The number of carbonyl (C=O) groups is 1. The third-order valence-electron chi connectivity index (χ3n) is 5.62. The van der Waals surface area contributed by atoms with Crippen LogP contribution in [0.5, 0.6) is 0 Å². The number of nitrogens with one attached hydrogen (secondary N) is 1. The van der Waals surface area contributed by atoms with E-state index in [0.29, 0.717) is 5.02 Å². The lowest BCUT2D eigenvalue weighted by Gasteiger charge is -2.33. The molecule has 2 aliphatic rings. The molecule has 2 aliphatic heterocycles. The van der Waals surface area contributed by atoms with Crippen LogP contribution in [0.2, 0.25) is 5.02 Å². The zero-order chi connectivity index (χ0) is 22.0. The number of nitrogens with zero attached hydrogens (tertiary/aromatic N) is 3. The number of hydrogen-bond acceptors (Lipinski definition) is 5. The number of aliphatic imine (C=N–C) groups is 2. The largest absolute Gasteiger partial charge is 0.325 e. The van der Waals surface area contributed by atoms with Crippen LogP contribution in [0.25, 0.3) is 0 Å². The molecule has 1 saturated heterocycles. The summed E-state index contributed by atoms with van der Waals surface area (Å²) in [7, 11) is 2.13. The molecule has 0 aliphatic carbocycles. The van der Waals surface area contributed by atoms with Gasteiger partial charge in [0, 0.05) is 46.7 Å². The quantitative estimate of drug-likeness (QED) is 0.588. The van der Waals surface area contributed by atoms with Crippen LogP contribution in [0.1, 0.15) is 24.0 Å². The monoisotopic (exact) mass is 518 g/mol. The molecule has 4 rings (SSSR count). The average Bonchev–Trinajstić information content (AvgIpc) is 3.11. The average molecular weight is 520 g/mol. The first-order valence-corrected chi connectivity index (χ1v) is 12.3. The molecule has 2 aromatic carbocycles.